The van der Waals surface area contributed by atoms with Crippen LogP contribution in [0.5, 0.6) is 5.75 Å². The summed E-state index contributed by atoms with van der Waals surface area (Å²) >= 11 is 0. The van der Waals surface area contributed by atoms with Gasteiger partial charge in [-0.2, -0.15) is 10.8 Å². The predicted molar refractivity (Wildman–Crippen MR) is 88.8 cm³/mol. The summed E-state index contributed by atoms with van der Waals surface area (Å²) in [4.78, 5) is 11.1. The number of halogens is 1. The van der Waals surface area contributed by atoms with E-state index >= 15 is 0 Å². The van der Waals surface area contributed by atoms with Crippen LogP contribution in [0.3, 0.4) is 0 Å². The van der Waals surface area contributed by atoms with Crippen molar-refractivity contribution in [2.24, 2.45) is 0 Å². The Labute approximate surface area is 148 Å². The Morgan fingerprint density at radius 2 is 1.96 bits per heavy atom. The highest BCUT2D eigenvalue weighted by molar-refractivity contribution is 5.74. The molecule has 2 aromatic carbocycles. The van der Waals surface area contributed by atoms with Gasteiger partial charge in [-0.15, -0.1) is 0 Å². The molecule has 7 nitrogen and oxygen atoms in total. The fraction of sp³-hybridized carbons (Fsp3) is 0.111. The van der Waals surface area contributed by atoms with Crippen LogP contribution < -0.4 is 21.1 Å². The Balaban J connectivity index is 1.81. The van der Waals surface area contributed by atoms with Crippen LogP contribution in [0.4, 0.5) is 4.39 Å². The number of nitriles is 1. The number of hydrazine groups is 2. The Bertz CT molecular complexity index is 945. The lowest BCUT2D eigenvalue weighted by Gasteiger charge is -2.16. The number of carboxylic acid groups (broad SMARTS) is 1. The molecule has 0 saturated carbocycles. The molecule has 0 radical (unpaired) electrons. The third-order valence-electron chi connectivity index (χ3n) is 3.54. The van der Waals surface area contributed by atoms with Crippen LogP contribution in [-0.2, 0) is 4.79 Å². The van der Waals surface area contributed by atoms with E-state index in [1.54, 1.807) is 24.3 Å². The molecule has 8 heteroatoms. The SMILES string of the molecule is N#Cc1cccc(C#Cc2cc(OC3NNNC3C(=O)O)ccc2F)c1. The minimum Gasteiger partial charge on any atom is -0.480 e. The number of hydrogen-bond donors (Lipinski definition) is 4. The summed E-state index contributed by atoms with van der Waals surface area (Å²) in [6.07, 6.45) is -0.883. The van der Waals surface area contributed by atoms with Gasteiger partial charge in [0.25, 0.3) is 0 Å². The Morgan fingerprint density at radius 1 is 1.15 bits per heavy atom. The number of nitrogens with zero attached hydrogens (tertiary/aromatic N) is 1. The van der Waals surface area contributed by atoms with Gasteiger partial charge in [0.2, 0.25) is 0 Å². The zero-order valence-electron chi connectivity index (χ0n) is 13.3. The van der Waals surface area contributed by atoms with Gasteiger partial charge in [0.05, 0.1) is 17.2 Å². The summed E-state index contributed by atoms with van der Waals surface area (Å²) in [7, 11) is 0. The number of hydrogen-bond acceptors (Lipinski definition) is 6. The van der Waals surface area contributed by atoms with Crippen LogP contribution in [-0.4, -0.2) is 23.3 Å². The number of carboxylic acids is 1. The summed E-state index contributed by atoms with van der Waals surface area (Å²) in [5.41, 5.74) is 8.71. The third-order valence-corrected chi connectivity index (χ3v) is 3.54. The molecule has 2 aromatic rings. The summed E-state index contributed by atoms with van der Waals surface area (Å²) in [6, 6.07) is 11.6. The van der Waals surface area contributed by atoms with Gasteiger partial charge in [-0.05, 0) is 36.4 Å². The number of nitrogens with one attached hydrogen (secondary N) is 3. The minimum absolute atomic E-state index is 0.0932. The maximum atomic E-state index is 14.0. The summed E-state index contributed by atoms with van der Waals surface area (Å²) in [6.45, 7) is 0. The molecule has 26 heavy (non-hydrogen) atoms. The first-order valence-electron chi connectivity index (χ1n) is 7.54. The van der Waals surface area contributed by atoms with Crippen LogP contribution in [0.25, 0.3) is 0 Å². The van der Waals surface area contributed by atoms with Crippen molar-refractivity contribution in [2.45, 2.75) is 12.3 Å². The molecular formula is C18H13FN4O3. The maximum Gasteiger partial charge on any atom is 0.327 e. The minimum atomic E-state index is -1.10. The van der Waals surface area contributed by atoms with Gasteiger partial charge in [0.15, 0.2) is 12.3 Å². The lowest BCUT2D eigenvalue weighted by Crippen LogP contribution is -2.44. The molecule has 1 heterocycles. The lowest BCUT2D eigenvalue weighted by molar-refractivity contribution is -0.141. The fourth-order valence-electron chi connectivity index (χ4n) is 2.26. The second-order valence-electron chi connectivity index (χ2n) is 5.35. The zero-order chi connectivity index (χ0) is 18.5. The van der Waals surface area contributed by atoms with Gasteiger partial charge in [0.1, 0.15) is 11.6 Å². The van der Waals surface area contributed by atoms with Crippen molar-refractivity contribution in [3.63, 3.8) is 0 Å². The molecule has 1 fully saturated rings. The van der Waals surface area contributed by atoms with Crippen molar-refractivity contribution in [3.05, 3.63) is 65.0 Å². The average Bonchev–Trinajstić information content (AvgIpc) is 3.10. The molecule has 130 valence electrons. The van der Waals surface area contributed by atoms with Crippen LogP contribution >= 0.6 is 0 Å². The number of rotatable bonds is 3. The van der Waals surface area contributed by atoms with Gasteiger partial charge in [0, 0.05) is 5.56 Å². The molecule has 1 aliphatic rings. The predicted octanol–water partition coefficient (Wildman–Crippen LogP) is 0.868. The number of carbonyl (C=O) groups is 1. The molecule has 2 atom stereocenters. The number of benzene rings is 2. The topological polar surface area (TPSA) is 106 Å². The highest BCUT2D eigenvalue weighted by Gasteiger charge is 2.34. The van der Waals surface area contributed by atoms with Gasteiger partial charge in [-0.25, -0.2) is 15.2 Å². The van der Waals surface area contributed by atoms with Gasteiger partial charge < -0.3 is 9.84 Å². The summed E-state index contributed by atoms with van der Waals surface area (Å²) in [5, 5.41) is 18.0. The molecular weight excluding hydrogens is 339 g/mol. The Hall–Kier alpha value is -3.43. The fourth-order valence-corrected chi connectivity index (χ4v) is 2.26. The standard InChI is InChI=1S/C18H13FN4O3/c19-15-7-6-14(26-17-16(18(24)25)21-23-22-17)9-13(15)5-4-11-2-1-3-12(8-11)10-20/h1-3,6-9,16-17,21-23H,(H,24,25). The van der Waals surface area contributed by atoms with E-state index in [4.69, 9.17) is 15.1 Å². The van der Waals surface area contributed by atoms with E-state index in [1.807, 2.05) is 6.07 Å². The number of aliphatic carboxylic acids is 1. The smallest absolute Gasteiger partial charge is 0.327 e. The largest absolute Gasteiger partial charge is 0.480 e. The Kier molecular flexibility index (Phi) is 5.11. The number of ether oxygens (including phenoxy) is 1. The van der Waals surface area contributed by atoms with Crippen molar-refractivity contribution < 1.29 is 19.0 Å². The Morgan fingerprint density at radius 3 is 2.73 bits per heavy atom. The van der Waals surface area contributed by atoms with E-state index in [-0.39, 0.29) is 11.3 Å². The molecule has 1 saturated heterocycles. The maximum absolute atomic E-state index is 14.0. The highest BCUT2D eigenvalue weighted by atomic mass is 19.1. The second kappa shape index (κ2) is 7.64. The third kappa shape index (κ3) is 3.97. The second-order valence-corrected chi connectivity index (χ2v) is 5.35. The van der Waals surface area contributed by atoms with Crippen molar-refractivity contribution in [3.8, 4) is 23.7 Å². The molecule has 0 spiro atoms. The first kappa shape index (κ1) is 17.4. The first-order valence-corrected chi connectivity index (χ1v) is 7.54. The van der Waals surface area contributed by atoms with E-state index in [9.17, 15) is 9.18 Å². The van der Waals surface area contributed by atoms with Crippen molar-refractivity contribution in [2.75, 3.05) is 0 Å². The van der Waals surface area contributed by atoms with E-state index in [1.165, 1.54) is 18.2 Å². The van der Waals surface area contributed by atoms with Gasteiger partial charge >= 0.3 is 5.97 Å². The molecule has 0 aliphatic carbocycles. The summed E-state index contributed by atoms with van der Waals surface area (Å²) in [5.74, 6) is 4.11. The van der Waals surface area contributed by atoms with Gasteiger partial charge in [-0.3, -0.25) is 4.79 Å². The molecule has 4 N–H and O–H groups in total. The first-order chi connectivity index (χ1) is 12.6. The van der Waals surface area contributed by atoms with Gasteiger partial charge in [-0.1, -0.05) is 17.9 Å². The quantitative estimate of drug-likeness (QED) is 0.607. The molecule has 0 bridgehead atoms. The van der Waals surface area contributed by atoms with E-state index < -0.39 is 24.1 Å². The highest BCUT2D eigenvalue weighted by Crippen LogP contribution is 2.18. The lowest BCUT2D eigenvalue weighted by atomic mass is 10.1. The van der Waals surface area contributed by atoms with Crippen molar-refractivity contribution in [1.82, 2.24) is 16.4 Å². The van der Waals surface area contributed by atoms with Crippen LogP contribution in [0.15, 0.2) is 42.5 Å². The monoisotopic (exact) mass is 352 g/mol. The van der Waals surface area contributed by atoms with E-state index in [0.29, 0.717) is 11.1 Å². The molecule has 0 amide bonds. The molecule has 0 aromatic heterocycles. The molecule has 1 aliphatic heterocycles. The van der Waals surface area contributed by atoms with Crippen LogP contribution in [0, 0.1) is 29.0 Å². The van der Waals surface area contributed by atoms with Crippen LogP contribution in [0.2, 0.25) is 0 Å². The normalized spacial score (nSPS) is 18.5. The van der Waals surface area contributed by atoms with Crippen LogP contribution in [0.1, 0.15) is 16.7 Å². The zero-order valence-corrected chi connectivity index (χ0v) is 13.3. The molecule has 2 unspecified atom stereocenters. The summed E-state index contributed by atoms with van der Waals surface area (Å²) < 4.78 is 19.5. The van der Waals surface area contributed by atoms with E-state index in [0.717, 1.165) is 0 Å². The molecule has 3 rings (SSSR count). The van der Waals surface area contributed by atoms with Crippen molar-refractivity contribution >= 4 is 5.97 Å². The van der Waals surface area contributed by atoms with E-state index in [2.05, 4.69) is 28.2 Å². The van der Waals surface area contributed by atoms with Crippen molar-refractivity contribution in [1.29, 1.82) is 5.26 Å². The average molecular weight is 352 g/mol.